The topological polar surface area (TPSA) is 57.2 Å². The molecule has 8 heteroatoms. The van der Waals surface area contributed by atoms with Gasteiger partial charge in [-0.2, -0.15) is 15.0 Å². The maximum Gasteiger partial charge on any atom is 0.227 e. The van der Waals surface area contributed by atoms with Gasteiger partial charge in [-0.15, -0.1) is 0 Å². The second-order valence-corrected chi connectivity index (χ2v) is 12.0. The minimum absolute atomic E-state index is 0.750. The van der Waals surface area contributed by atoms with E-state index in [1.54, 1.807) is 23.5 Å². The number of piperazine rings is 1. The summed E-state index contributed by atoms with van der Waals surface area (Å²) in [6, 6.07) is 0. The molecule has 0 saturated carbocycles. The lowest BCUT2D eigenvalue weighted by Crippen LogP contribution is -2.45. The number of hydrogen-bond donors (Lipinski definition) is 1. The first kappa shape index (κ1) is 30.7. The average Bonchev–Trinajstić information content (AvgIpc) is 2.86. The van der Waals surface area contributed by atoms with E-state index in [-0.39, 0.29) is 0 Å². The van der Waals surface area contributed by atoms with Gasteiger partial charge in [0.1, 0.15) is 0 Å². The Morgan fingerprint density at radius 2 is 1.14 bits per heavy atom. The van der Waals surface area contributed by atoms with Gasteiger partial charge in [-0.25, -0.2) is 0 Å². The van der Waals surface area contributed by atoms with Crippen LogP contribution in [0.5, 0.6) is 0 Å². The fraction of sp³-hybridized carbons (Fsp3) is 0.889. The summed E-state index contributed by atoms with van der Waals surface area (Å²) in [5.74, 6) is 2.94. The highest BCUT2D eigenvalue weighted by molar-refractivity contribution is 7.99. The van der Waals surface area contributed by atoms with Crippen molar-refractivity contribution in [1.29, 1.82) is 0 Å². The van der Waals surface area contributed by atoms with Crippen molar-refractivity contribution in [3.63, 3.8) is 0 Å². The van der Waals surface area contributed by atoms with Gasteiger partial charge in [0.05, 0.1) is 0 Å². The Bertz CT molecular complexity index is 640. The number of thioether (sulfide) groups is 2. The highest BCUT2D eigenvalue weighted by atomic mass is 32.2. The first-order valence-corrected chi connectivity index (χ1v) is 16.3. The van der Waals surface area contributed by atoms with Gasteiger partial charge >= 0.3 is 0 Å². The standard InChI is InChI=1S/C27H52N6S2/c1-4-6-8-10-11-12-13-14-16-24-35-27-30-25(28-17-18-33-21-19-32(3)20-22-33)29-26(31-27)34-23-15-9-7-5-2/h4-24H2,1-3H3,(H,28,29,30,31). The fourth-order valence-corrected chi connectivity index (χ4v) is 5.94. The molecule has 2 heterocycles. The lowest BCUT2D eigenvalue weighted by Gasteiger charge is -2.32. The van der Waals surface area contributed by atoms with Crippen molar-refractivity contribution >= 4 is 29.5 Å². The molecule has 202 valence electrons. The summed E-state index contributed by atoms with van der Waals surface area (Å²) in [5, 5.41) is 5.26. The van der Waals surface area contributed by atoms with Crippen molar-refractivity contribution in [2.24, 2.45) is 0 Å². The number of likely N-dealkylation sites (N-methyl/N-ethyl adjacent to an activating group) is 1. The van der Waals surface area contributed by atoms with Gasteiger partial charge in [-0.3, -0.25) is 4.90 Å². The van der Waals surface area contributed by atoms with Crippen molar-refractivity contribution in [2.75, 3.05) is 63.1 Å². The van der Waals surface area contributed by atoms with Crippen molar-refractivity contribution in [1.82, 2.24) is 24.8 Å². The number of nitrogens with zero attached hydrogens (tertiary/aromatic N) is 5. The molecule has 1 aromatic heterocycles. The fourth-order valence-electron chi connectivity index (χ4n) is 4.21. The third-order valence-electron chi connectivity index (χ3n) is 6.61. The molecular formula is C27H52N6S2. The van der Waals surface area contributed by atoms with E-state index < -0.39 is 0 Å². The van der Waals surface area contributed by atoms with Crippen LogP contribution in [0.3, 0.4) is 0 Å². The van der Waals surface area contributed by atoms with Gasteiger partial charge in [0.2, 0.25) is 5.95 Å². The zero-order chi connectivity index (χ0) is 25.0. The van der Waals surface area contributed by atoms with E-state index in [0.29, 0.717) is 0 Å². The van der Waals surface area contributed by atoms with Crippen LogP contribution in [-0.2, 0) is 0 Å². The SMILES string of the molecule is CCCCCCCCCCCSc1nc(NCCN2CCN(C)CC2)nc(SCCCCCC)n1. The number of aromatic nitrogens is 3. The van der Waals surface area contributed by atoms with Crippen LogP contribution in [0.15, 0.2) is 10.3 Å². The molecule has 0 atom stereocenters. The van der Waals surface area contributed by atoms with Crippen LogP contribution in [0.4, 0.5) is 5.95 Å². The van der Waals surface area contributed by atoms with E-state index in [2.05, 4.69) is 36.0 Å². The molecule has 35 heavy (non-hydrogen) atoms. The molecule has 1 N–H and O–H groups in total. The predicted octanol–water partition coefficient (Wildman–Crippen LogP) is 6.83. The molecule has 0 radical (unpaired) electrons. The van der Waals surface area contributed by atoms with Crippen LogP contribution in [0.2, 0.25) is 0 Å². The molecule has 1 aliphatic heterocycles. The van der Waals surface area contributed by atoms with E-state index in [9.17, 15) is 0 Å². The van der Waals surface area contributed by atoms with Crippen LogP contribution in [0, 0.1) is 0 Å². The van der Waals surface area contributed by atoms with Crippen LogP contribution >= 0.6 is 23.5 Å². The second-order valence-electron chi connectivity index (χ2n) is 9.88. The zero-order valence-electron chi connectivity index (χ0n) is 22.9. The highest BCUT2D eigenvalue weighted by Crippen LogP contribution is 2.23. The maximum atomic E-state index is 4.78. The quantitative estimate of drug-likeness (QED) is 0.139. The summed E-state index contributed by atoms with van der Waals surface area (Å²) < 4.78 is 0. The summed E-state index contributed by atoms with van der Waals surface area (Å²) in [6.45, 7) is 11.1. The lowest BCUT2D eigenvalue weighted by atomic mass is 10.1. The van der Waals surface area contributed by atoms with Crippen molar-refractivity contribution in [2.45, 2.75) is 108 Å². The molecule has 0 aliphatic carbocycles. The van der Waals surface area contributed by atoms with Crippen LogP contribution in [-0.4, -0.2) is 82.6 Å². The van der Waals surface area contributed by atoms with Crippen molar-refractivity contribution < 1.29 is 0 Å². The molecule has 1 saturated heterocycles. The summed E-state index contributed by atoms with van der Waals surface area (Å²) in [6.07, 6.45) is 17.4. The maximum absolute atomic E-state index is 4.78. The van der Waals surface area contributed by atoms with E-state index in [0.717, 1.165) is 67.0 Å². The Morgan fingerprint density at radius 1 is 0.657 bits per heavy atom. The minimum atomic E-state index is 0.750. The molecule has 0 aromatic carbocycles. The highest BCUT2D eigenvalue weighted by Gasteiger charge is 2.13. The molecule has 2 rings (SSSR count). The van der Waals surface area contributed by atoms with E-state index in [1.165, 1.54) is 83.5 Å². The molecule has 0 amide bonds. The molecule has 0 bridgehead atoms. The predicted molar refractivity (Wildman–Crippen MR) is 155 cm³/mol. The molecular weight excluding hydrogens is 472 g/mol. The molecule has 0 unspecified atom stereocenters. The average molecular weight is 525 g/mol. The van der Waals surface area contributed by atoms with Crippen molar-refractivity contribution in [3.8, 4) is 0 Å². The number of nitrogens with one attached hydrogen (secondary N) is 1. The second kappa shape index (κ2) is 20.5. The largest absolute Gasteiger partial charge is 0.353 e. The normalized spacial score (nSPS) is 15.1. The number of rotatable bonds is 21. The smallest absolute Gasteiger partial charge is 0.227 e. The van der Waals surface area contributed by atoms with E-state index in [1.807, 2.05) is 0 Å². The third-order valence-corrected chi connectivity index (χ3v) is 8.48. The van der Waals surface area contributed by atoms with Gasteiger partial charge in [0, 0.05) is 50.8 Å². The summed E-state index contributed by atoms with van der Waals surface area (Å²) in [5.41, 5.74) is 0. The minimum Gasteiger partial charge on any atom is -0.353 e. The van der Waals surface area contributed by atoms with Gasteiger partial charge in [0.25, 0.3) is 0 Å². The molecule has 6 nitrogen and oxygen atoms in total. The van der Waals surface area contributed by atoms with E-state index in [4.69, 9.17) is 15.0 Å². The Labute approximate surface area is 224 Å². The van der Waals surface area contributed by atoms with Gasteiger partial charge < -0.3 is 10.2 Å². The number of unbranched alkanes of at least 4 members (excludes halogenated alkanes) is 11. The molecule has 1 aliphatic rings. The summed E-state index contributed by atoms with van der Waals surface area (Å²) >= 11 is 3.59. The van der Waals surface area contributed by atoms with Crippen LogP contribution in [0.25, 0.3) is 0 Å². The lowest BCUT2D eigenvalue weighted by molar-refractivity contribution is 0.158. The van der Waals surface area contributed by atoms with Gasteiger partial charge in [-0.1, -0.05) is 108 Å². The Kier molecular flexibility index (Phi) is 17.9. The Hall–Kier alpha value is -0.570. The Balaban J connectivity index is 1.73. The molecule has 1 fully saturated rings. The third kappa shape index (κ3) is 15.3. The van der Waals surface area contributed by atoms with Gasteiger partial charge in [0.15, 0.2) is 10.3 Å². The first-order valence-electron chi connectivity index (χ1n) is 14.4. The van der Waals surface area contributed by atoms with E-state index >= 15 is 0 Å². The number of hydrogen-bond acceptors (Lipinski definition) is 8. The van der Waals surface area contributed by atoms with Gasteiger partial charge in [-0.05, 0) is 19.9 Å². The zero-order valence-corrected chi connectivity index (χ0v) is 24.5. The molecule has 0 spiro atoms. The van der Waals surface area contributed by atoms with Crippen LogP contribution < -0.4 is 5.32 Å². The molecule has 1 aromatic rings. The van der Waals surface area contributed by atoms with Crippen molar-refractivity contribution in [3.05, 3.63) is 0 Å². The van der Waals surface area contributed by atoms with Crippen LogP contribution in [0.1, 0.15) is 97.3 Å². The first-order chi connectivity index (χ1) is 17.2. The summed E-state index contributed by atoms with van der Waals surface area (Å²) in [7, 11) is 2.20. The Morgan fingerprint density at radius 3 is 1.69 bits per heavy atom. The summed E-state index contributed by atoms with van der Waals surface area (Å²) in [4.78, 5) is 19.2. The monoisotopic (exact) mass is 524 g/mol. The number of anilines is 1.